The summed E-state index contributed by atoms with van der Waals surface area (Å²) in [4.78, 5) is 28.8. The van der Waals surface area contributed by atoms with Crippen molar-refractivity contribution in [2.45, 2.75) is 13.8 Å². The molecule has 0 saturated carbocycles. The van der Waals surface area contributed by atoms with Crippen LogP contribution in [0.5, 0.6) is 0 Å². The Morgan fingerprint density at radius 1 is 1.04 bits per heavy atom. The number of nitrogens with one attached hydrogen (secondary N) is 1. The zero-order chi connectivity index (χ0) is 20.1. The van der Waals surface area contributed by atoms with Crippen molar-refractivity contribution < 1.29 is 9.59 Å². The Balaban J connectivity index is 1.50. The maximum atomic E-state index is 12.7. The van der Waals surface area contributed by atoms with E-state index in [-0.39, 0.29) is 18.4 Å². The Labute approximate surface area is 165 Å². The summed E-state index contributed by atoms with van der Waals surface area (Å²) in [6.07, 6.45) is 0. The minimum Gasteiger partial charge on any atom is -0.336 e. The Morgan fingerprint density at radius 2 is 1.79 bits per heavy atom. The second kappa shape index (κ2) is 8.68. The van der Waals surface area contributed by atoms with Gasteiger partial charge in [-0.1, -0.05) is 12.1 Å². The van der Waals surface area contributed by atoms with Crippen molar-refractivity contribution in [3.63, 3.8) is 0 Å². The van der Waals surface area contributed by atoms with Gasteiger partial charge in [-0.15, -0.1) is 0 Å². The Kier molecular flexibility index (Phi) is 6.07. The molecule has 28 heavy (non-hydrogen) atoms. The summed E-state index contributed by atoms with van der Waals surface area (Å²) >= 11 is 0. The topological polar surface area (TPSA) is 76.4 Å². The first-order valence-electron chi connectivity index (χ1n) is 9.35. The molecule has 1 saturated heterocycles. The van der Waals surface area contributed by atoms with Crippen LogP contribution in [0.3, 0.4) is 0 Å². The van der Waals surface area contributed by atoms with Gasteiger partial charge in [0.25, 0.3) is 5.91 Å². The SMILES string of the molecule is Cc1ccc(C(=O)N2CCN(CC(=O)Nc3cccc(C#N)c3)CC2)cc1C. The van der Waals surface area contributed by atoms with E-state index in [2.05, 4.69) is 11.4 Å². The van der Waals surface area contributed by atoms with Crippen molar-refractivity contribution in [3.8, 4) is 6.07 Å². The van der Waals surface area contributed by atoms with Crippen LogP contribution in [0.25, 0.3) is 0 Å². The van der Waals surface area contributed by atoms with Gasteiger partial charge >= 0.3 is 0 Å². The fourth-order valence-corrected chi connectivity index (χ4v) is 3.24. The zero-order valence-electron chi connectivity index (χ0n) is 16.2. The van der Waals surface area contributed by atoms with Gasteiger partial charge in [0.15, 0.2) is 0 Å². The molecule has 2 aromatic rings. The summed E-state index contributed by atoms with van der Waals surface area (Å²) in [7, 11) is 0. The number of benzene rings is 2. The summed E-state index contributed by atoms with van der Waals surface area (Å²) in [5, 5.41) is 11.8. The second-order valence-electron chi connectivity index (χ2n) is 7.11. The van der Waals surface area contributed by atoms with E-state index in [0.29, 0.717) is 43.0 Å². The highest BCUT2D eigenvalue weighted by molar-refractivity contribution is 5.95. The van der Waals surface area contributed by atoms with Gasteiger partial charge < -0.3 is 10.2 Å². The van der Waals surface area contributed by atoms with Crippen molar-refractivity contribution in [3.05, 3.63) is 64.7 Å². The van der Waals surface area contributed by atoms with Crippen molar-refractivity contribution in [1.29, 1.82) is 5.26 Å². The number of aryl methyl sites for hydroxylation is 2. The van der Waals surface area contributed by atoms with Crippen molar-refractivity contribution >= 4 is 17.5 Å². The van der Waals surface area contributed by atoms with Gasteiger partial charge in [-0.05, 0) is 55.3 Å². The molecule has 6 heteroatoms. The molecule has 0 aromatic heterocycles. The van der Waals surface area contributed by atoms with E-state index in [1.54, 1.807) is 24.3 Å². The number of piperazine rings is 1. The van der Waals surface area contributed by atoms with Crippen molar-refractivity contribution in [2.75, 3.05) is 38.0 Å². The van der Waals surface area contributed by atoms with E-state index in [1.807, 2.05) is 41.8 Å². The monoisotopic (exact) mass is 376 g/mol. The lowest BCUT2D eigenvalue weighted by molar-refractivity contribution is -0.117. The number of amides is 2. The number of anilines is 1. The number of rotatable bonds is 4. The normalized spacial score (nSPS) is 14.4. The highest BCUT2D eigenvalue weighted by Gasteiger charge is 2.23. The Bertz CT molecular complexity index is 924. The molecular weight excluding hydrogens is 352 g/mol. The van der Waals surface area contributed by atoms with Gasteiger partial charge in [-0.25, -0.2) is 0 Å². The fourth-order valence-electron chi connectivity index (χ4n) is 3.24. The molecule has 0 bridgehead atoms. The predicted molar refractivity (Wildman–Crippen MR) is 108 cm³/mol. The first kappa shape index (κ1) is 19.6. The molecule has 144 valence electrons. The van der Waals surface area contributed by atoms with E-state index < -0.39 is 0 Å². The number of nitriles is 1. The molecule has 0 atom stereocenters. The lowest BCUT2D eigenvalue weighted by Crippen LogP contribution is -2.50. The maximum absolute atomic E-state index is 12.7. The number of hydrogen-bond acceptors (Lipinski definition) is 4. The molecular formula is C22H24N4O2. The molecule has 0 aliphatic carbocycles. The third-order valence-electron chi connectivity index (χ3n) is 5.06. The average Bonchev–Trinajstić information content (AvgIpc) is 2.70. The number of nitrogens with zero attached hydrogens (tertiary/aromatic N) is 3. The molecule has 1 fully saturated rings. The molecule has 3 rings (SSSR count). The lowest BCUT2D eigenvalue weighted by Gasteiger charge is -2.34. The second-order valence-corrected chi connectivity index (χ2v) is 7.11. The van der Waals surface area contributed by atoms with E-state index >= 15 is 0 Å². The van der Waals surface area contributed by atoms with Gasteiger partial charge in [0.05, 0.1) is 18.2 Å². The number of hydrogen-bond donors (Lipinski definition) is 1. The van der Waals surface area contributed by atoms with Crippen LogP contribution < -0.4 is 5.32 Å². The summed E-state index contributed by atoms with van der Waals surface area (Å²) in [6.45, 7) is 6.82. The molecule has 1 heterocycles. The van der Waals surface area contributed by atoms with Crippen LogP contribution in [0.15, 0.2) is 42.5 Å². The highest BCUT2D eigenvalue weighted by Crippen LogP contribution is 2.14. The molecule has 1 N–H and O–H groups in total. The molecule has 1 aliphatic heterocycles. The van der Waals surface area contributed by atoms with Gasteiger partial charge in [0.2, 0.25) is 5.91 Å². The van der Waals surface area contributed by atoms with E-state index in [4.69, 9.17) is 5.26 Å². The first-order valence-corrected chi connectivity index (χ1v) is 9.35. The number of carbonyl (C=O) groups excluding carboxylic acids is 2. The van der Waals surface area contributed by atoms with Gasteiger partial charge in [0.1, 0.15) is 0 Å². The van der Waals surface area contributed by atoms with Crippen LogP contribution >= 0.6 is 0 Å². The zero-order valence-corrected chi connectivity index (χ0v) is 16.2. The smallest absolute Gasteiger partial charge is 0.253 e. The van der Waals surface area contributed by atoms with Gasteiger partial charge in [0, 0.05) is 37.4 Å². The van der Waals surface area contributed by atoms with Crippen LogP contribution in [0.1, 0.15) is 27.0 Å². The lowest BCUT2D eigenvalue weighted by atomic mass is 10.1. The van der Waals surface area contributed by atoms with Crippen LogP contribution in [0.2, 0.25) is 0 Å². The third-order valence-corrected chi connectivity index (χ3v) is 5.06. The quantitative estimate of drug-likeness (QED) is 0.890. The summed E-state index contributed by atoms with van der Waals surface area (Å²) < 4.78 is 0. The van der Waals surface area contributed by atoms with Crippen LogP contribution in [0.4, 0.5) is 5.69 Å². The predicted octanol–water partition coefficient (Wildman–Crippen LogP) is 2.57. The van der Waals surface area contributed by atoms with Crippen molar-refractivity contribution in [2.24, 2.45) is 0 Å². The molecule has 6 nitrogen and oxygen atoms in total. The molecule has 2 amide bonds. The highest BCUT2D eigenvalue weighted by atomic mass is 16.2. The summed E-state index contributed by atoms with van der Waals surface area (Å²) in [6, 6.07) is 14.7. The first-order chi connectivity index (χ1) is 13.5. The van der Waals surface area contributed by atoms with E-state index in [9.17, 15) is 9.59 Å². The molecule has 1 aliphatic rings. The number of carbonyl (C=O) groups is 2. The molecule has 0 radical (unpaired) electrons. The Hall–Kier alpha value is -3.17. The Morgan fingerprint density at radius 3 is 2.46 bits per heavy atom. The summed E-state index contributed by atoms with van der Waals surface area (Å²) in [5.41, 5.74) is 4.13. The van der Waals surface area contributed by atoms with Gasteiger partial charge in [-0.2, -0.15) is 5.26 Å². The molecule has 0 spiro atoms. The van der Waals surface area contributed by atoms with E-state index in [1.165, 1.54) is 5.56 Å². The standard InChI is InChI=1S/C22H24N4O2/c1-16-6-7-19(12-17(16)2)22(28)26-10-8-25(9-11-26)15-21(27)24-20-5-3-4-18(13-20)14-23/h3-7,12-13H,8-11,15H2,1-2H3,(H,24,27). The van der Waals surface area contributed by atoms with Gasteiger partial charge in [-0.3, -0.25) is 14.5 Å². The van der Waals surface area contributed by atoms with Crippen LogP contribution in [-0.4, -0.2) is 54.3 Å². The maximum Gasteiger partial charge on any atom is 0.253 e. The minimum absolute atomic E-state index is 0.0421. The summed E-state index contributed by atoms with van der Waals surface area (Å²) in [5.74, 6) is -0.0791. The molecule has 0 unspecified atom stereocenters. The van der Waals surface area contributed by atoms with Crippen LogP contribution in [-0.2, 0) is 4.79 Å². The minimum atomic E-state index is -0.121. The average molecular weight is 376 g/mol. The van der Waals surface area contributed by atoms with Crippen LogP contribution in [0, 0.1) is 25.2 Å². The molecule has 2 aromatic carbocycles. The fraction of sp³-hybridized carbons (Fsp3) is 0.318. The third kappa shape index (κ3) is 4.76. The van der Waals surface area contributed by atoms with E-state index in [0.717, 1.165) is 5.56 Å². The van der Waals surface area contributed by atoms with Crippen molar-refractivity contribution in [1.82, 2.24) is 9.80 Å². The largest absolute Gasteiger partial charge is 0.336 e.